The Labute approximate surface area is 132 Å². The molecule has 2 N–H and O–H groups in total. The van der Waals surface area contributed by atoms with Gasteiger partial charge in [0.05, 0.1) is 0 Å². The minimum Gasteiger partial charge on any atom is -0.329 e. The average Bonchev–Trinajstić information content (AvgIpc) is 2.48. The molecule has 3 heteroatoms. The molecule has 0 aromatic rings. The molecule has 3 nitrogen and oxygen atoms in total. The summed E-state index contributed by atoms with van der Waals surface area (Å²) in [6.45, 7) is 11.6. The van der Waals surface area contributed by atoms with E-state index in [0.29, 0.717) is 0 Å². The molecule has 1 saturated carbocycles. The van der Waals surface area contributed by atoms with E-state index in [1.807, 2.05) is 0 Å². The van der Waals surface area contributed by atoms with E-state index in [1.54, 1.807) is 0 Å². The van der Waals surface area contributed by atoms with E-state index in [2.05, 4.69) is 37.6 Å². The second-order valence-corrected chi connectivity index (χ2v) is 8.15. The molecule has 2 fully saturated rings. The molecule has 1 aliphatic heterocycles. The third-order valence-corrected chi connectivity index (χ3v) is 6.07. The van der Waals surface area contributed by atoms with Crippen LogP contribution in [0.2, 0.25) is 0 Å². The van der Waals surface area contributed by atoms with Crippen LogP contribution in [-0.2, 0) is 0 Å². The lowest BCUT2D eigenvalue weighted by Gasteiger charge is -2.51. The van der Waals surface area contributed by atoms with Crippen LogP contribution in [0.1, 0.15) is 59.3 Å². The first-order valence-electron chi connectivity index (χ1n) is 9.12. The van der Waals surface area contributed by atoms with E-state index in [1.165, 1.54) is 58.2 Å². The average molecular weight is 296 g/mol. The Hall–Kier alpha value is -0.120. The highest BCUT2D eigenvalue weighted by atomic mass is 15.2. The molecule has 1 saturated heterocycles. The summed E-state index contributed by atoms with van der Waals surface area (Å²) in [4.78, 5) is 5.32. The lowest BCUT2D eigenvalue weighted by atomic mass is 9.80. The Morgan fingerprint density at radius 1 is 1.14 bits per heavy atom. The fourth-order valence-electron chi connectivity index (χ4n) is 4.39. The van der Waals surface area contributed by atoms with Gasteiger partial charge >= 0.3 is 0 Å². The minimum absolute atomic E-state index is 0.263. The van der Waals surface area contributed by atoms with E-state index in [-0.39, 0.29) is 5.54 Å². The standard InChI is InChI=1S/C18H37N3/c1-15(2)13-21-11-9-18(14-19,10-12-21)20(4)17-7-5-16(3)6-8-17/h15-17H,5-14,19H2,1-4H3. The maximum atomic E-state index is 6.26. The Morgan fingerprint density at radius 2 is 1.71 bits per heavy atom. The van der Waals surface area contributed by atoms with Gasteiger partial charge in [0.15, 0.2) is 0 Å². The van der Waals surface area contributed by atoms with Crippen LogP contribution in [0.15, 0.2) is 0 Å². The highest BCUT2D eigenvalue weighted by molar-refractivity contribution is 4.98. The smallest absolute Gasteiger partial charge is 0.0355 e. The third kappa shape index (κ3) is 4.20. The van der Waals surface area contributed by atoms with Crippen molar-refractivity contribution in [2.24, 2.45) is 17.6 Å². The van der Waals surface area contributed by atoms with Crippen LogP contribution < -0.4 is 5.73 Å². The first kappa shape index (κ1) is 17.2. The lowest BCUT2D eigenvalue weighted by molar-refractivity contribution is -0.000198. The number of nitrogens with two attached hydrogens (primary N) is 1. The van der Waals surface area contributed by atoms with E-state index >= 15 is 0 Å². The molecule has 0 radical (unpaired) electrons. The zero-order valence-corrected chi connectivity index (χ0v) is 14.8. The van der Waals surface area contributed by atoms with Crippen LogP contribution in [0.25, 0.3) is 0 Å². The van der Waals surface area contributed by atoms with E-state index < -0.39 is 0 Å². The van der Waals surface area contributed by atoms with Crippen LogP contribution in [0.3, 0.4) is 0 Å². The highest BCUT2D eigenvalue weighted by Crippen LogP contribution is 2.34. The summed E-state index contributed by atoms with van der Waals surface area (Å²) in [5, 5.41) is 0. The quantitative estimate of drug-likeness (QED) is 0.846. The summed E-state index contributed by atoms with van der Waals surface area (Å²) in [5.41, 5.74) is 6.52. The summed E-state index contributed by atoms with van der Waals surface area (Å²) in [5.74, 6) is 1.70. The first-order chi connectivity index (χ1) is 9.97. The molecule has 1 aliphatic carbocycles. The Balaban J connectivity index is 1.92. The van der Waals surface area contributed by atoms with Crippen molar-refractivity contribution in [3.05, 3.63) is 0 Å². The van der Waals surface area contributed by atoms with Crippen molar-refractivity contribution >= 4 is 0 Å². The number of nitrogens with zero attached hydrogens (tertiary/aromatic N) is 2. The molecule has 0 atom stereocenters. The van der Waals surface area contributed by atoms with Gasteiger partial charge in [0.2, 0.25) is 0 Å². The monoisotopic (exact) mass is 295 g/mol. The molecule has 0 bridgehead atoms. The predicted octanol–water partition coefficient (Wildman–Crippen LogP) is 2.95. The molecule has 2 rings (SSSR count). The molecular weight excluding hydrogens is 258 g/mol. The van der Waals surface area contributed by atoms with Crippen molar-refractivity contribution < 1.29 is 0 Å². The fourth-order valence-corrected chi connectivity index (χ4v) is 4.39. The van der Waals surface area contributed by atoms with Gasteiger partial charge in [-0.25, -0.2) is 0 Å². The van der Waals surface area contributed by atoms with Gasteiger partial charge in [0.25, 0.3) is 0 Å². The number of hydrogen-bond donors (Lipinski definition) is 1. The Morgan fingerprint density at radius 3 is 2.19 bits per heavy atom. The zero-order chi connectivity index (χ0) is 15.5. The van der Waals surface area contributed by atoms with Gasteiger partial charge in [-0.05, 0) is 70.5 Å². The van der Waals surface area contributed by atoms with Crippen molar-refractivity contribution in [2.75, 3.05) is 33.2 Å². The van der Waals surface area contributed by atoms with Crippen molar-refractivity contribution in [2.45, 2.75) is 70.9 Å². The molecule has 1 heterocycles. The van der Waals surface area contributed by atoms with E-state index in [4.69, 9.17) is 5.73 Å². The highest BCUT2D eigenvalue weighted by Gasteiger charge is 2.40. The van der Waals surface area contributed by atoms with Gasteiger partial charge in [-0.15, -0.1) is 0 Å². The molecule has 124 valence electrons. The summed E-state index contributed by atoms with van der Waals surface area (Å²) in [7, 11) is 2.35. The number of likely N-dealkylation sites (N-methyl/N-ethyl adjacent to an activating group) is 1. The number of likely N-dealkylation sites (tertiary alicyclic amines) is 1. The van der Waals surface area contributed by atoms with Gasteiger partial charge in [-0.3, -0.25) is 4.90 Å². The third-order valence-electron chi connectivity index (χ3n) is 6.07. The van der Waals surface area contributed by atoms with Crippen molar-refractivity contribution in [1.82, 2.24) is 9.80 Å². The van der Waals surface area contributed by atoms with Gasteiger partial charge in [0.1, 0.15) is 0 Å². The maximum Gasteiger partial charge on any atom is 0.0355 e. The molecule has 2 aliphatic rings. The number of piperidine rings is 1. The molecule has 0 aromatic heterocycles. The molecule has 0 unspecified atom stereocenters. The molecule has 0 spiro atoms. The van der Waals surface area contributed by atoms with Crippen LogP contribution in [0.4, 0.5) is 0 Å². The maximum absolute atomic E-state index is 6.26. The topological polar surface area (TPSA) is 32.5 Å². The summed E-state index contributed by atoms with van der Waals surface area (Å²) < 4.78 is 0. The van der Waals surface area contributed by atoms with E-state index in [0.717, 1.165) is 24.4 Å². The lowest BCUT2D eigenvalue weighted by Crippen LogP contribution is -2.61. The molecule has 21 heavy (non-hydrogen) atoms. The first-order valence-corrected chi connectivity index (χ1v) is 9.12. The Bertz CT molecular complexity index is 300. The SMILES string of the molecule is CC(C)CN1CCC(CN)(N(C)C2CCC(C)CC2)CC1. The van der Waals surface area contributed by atoms with Crippen molar-refractivity contribution in [1.29, 1.82) is 0 Å². The molecule has 0 aromatic carbocycles. The van der Waals surface area contributed by atoms with Crippen molar-refractivity contribution in [3.63, 3.8) is 0 Å². The van der Waals surface area contributed by atoms with Gasteiger partial charge < -0.3 is 10.6 Å². The second-order valence-electron chi connectivity index (χ2n) is 8.15. The van der Waals surface area contributed by atoms with Crippen LogP contribution in [0, 0.1) is 11.8 Å². The van der Waals surface area contributed by atoms with Crippen LogP contribution in [-0.4, -0.2) is 54.6 Å². The number of rotatable bonds is 5. The molecular formula is C18H37N3. The normalized spacial score (nSPS) is 31.0. The zero-order valence-electron chi connectivity index (χ0n) is 14.8. The van der Waals surface area contributed by atoms with Gasteiger partial charge in [0, 0.05) is 24.7 Å². The second kappa shape index (κ2) is 7.43. The van der Waals surface area contributed by atoms with Crippen LogP contribution in [0.5, 0.6) is 0 Å². The van der Waals surface area contributed by atoms with Gasteiger partial charge in [-0.1, -0.05) is 20.8 Å². The van der Waals surface area contributed by atoms with Gasteiger partial charge in [-0.2, -0.15) is 0 Å². The van der Waals surface area contributed by atoms with E-state index in [9.17, 15) is 0 Å². The Kier molecular flexibility index (Phi) is 6.10. The minimum atomic E-state index is 0.263. The largest absolute Gasteiger partial charge is 0.329 e. The fraction of sp³-hybridized carbons (Fsp3) is 1.00. The number of hydrogen-bond acceptors (Lipinski definition) is 3. The summed E-state index contributed by atoms with van der Waals surface area (Å²) >= 11 is 0. The predicted molar refractivity (Wildman–Crippen MR) is 91.5 cm³/mol. The van der Waals surface area contributed by atoms with Crippen LogP contribution >= 0.6 is 0 Å². The molecule has 0 amide bonds. The summed E-state index contributed by atoms with van der Waals surface area (Å²) in [6, 6.07) is 0.765. The van der Waals surface area contributed by atoms with Crippen molar-refractivity contribution in [3.8, 4) is 0 Å². The summed E-state index contributed by atoms with van der Waals surface area (Å²) in [6.07, 6.45) is 8.03.